The molecule has 78 valence electrons. The Kier molecular flexibility index (Phi) is 3.14. The average Bonchev–Trinajstić information content (AvgIpc) is 2.73. The number of aromatic amines is 1. The highest BCUT2D eigenvalue weighted by atomic mass is 35.5. The maximum atomic E-state index is 5.88. The molecule has 0 amide bonds. The molecule has 0 radical (unpaired) electrons. The third-order valence-corrected chi connectivity index (χ3v) is 2.70. The number of halogens is 2. The van der Waals surface area contributed by atoms with Gasteiger partial charge >= 0.3 is 0 Å². The summed E-state index contributed by atoms with van der Waals surface area (Å²) < 4.78 is 0. The highest BCUT2D eigenvalue weighted by Crippen LogP contribution is 2.25. The van der Waals surface area contributed by atoms with Gasteiger partial charge in [0.1, 0.15) is 0 Å². The van der Waals surface area contributed by atoms with Gasteiger partial charge < -0.3 is 5.32 Å². The van der Waals surface area contributed by atoms with Crippen LogP contribution in [-0.2, 0) is 6.54 Å². The molecule has 0 aliphatic rings. The van der Waals surface area contributed by atoms with Crippen LogP contribution < -0.4 is 5.32 Å². The van der Waals surface area contributed by atoms with E-state index in [2.05, 4.69) is 15.5 Å². The summed E-state index contributed by atoms with van der Waals surface area (Å²) in [5.74, 6) is 0. The van der Waals surface area contributed by atoms with Gasteiger partial charge in [0, 0.05) is 11.9 Å². The molecular formula is C10H9Cl2N3. The third-order valence-electron chi connectivity index (χ3n) is 1.96. The van der Waals surface area contributed by atoms with E-state index in [9.17, 15) is 0 Å². The topological polar surface area (TPSA) is 40.7 Å². The fourth-order valence-electron chi connectivity index (χ4n) is 1.19. The van der Waals surface area contributed by atoms with Gasteiger partial charge in [0.2, 0.25) is 0 Å². The summed E-state index contributed by atoms with van der Waals surface area (Å²) in [5.41, 5.74) is 1.94. The van der Waals surface area contributed by atoms with E-state index in [1.807, 2.05) is 12.1 Å². The van der Waals surface area contributed by atoms with Crippen molar-refractivity contribution >= 4 is 28.9 Å². The quantitative estimate of drug-likeness (QED) is 0.866. The van der Waals surface area contributed by atoms with Crippen LogP contribution in [0.1, 0.15) is 5.69 Å². The molecule has 0 fully saturated rings. The predicted octanol–water partition coefficient (Wildman–Crippen LogP) is 3.33. The van der Waals surface area contributed by atoms with Crippen LogP contribution in [0.5, 0.6) is 0 Å². The molecule has 1 aromatic carbocycles. The molecule has 0 saturated heterocycles. The van der Waals surface area contributed by atoms with Crippen molar-refractivity contribution in [2.24, 2.45) is 0 Å². The zero-order valence-electron chi connectivity index (χ0n) is 7.80. The summed E-state index contributed by atoms with van der Waals surface area (Å²) >= 11 is 11.7. The molecule has 3 nitrogen and oxygen atoms in total. The van der Waals surface area contributed by atoms with Crippen LogP contribution in [0.15, 0.2) is 30.5 Å². The molecule has 1 aromatic heterocycles. The molecule has 2 N–H and O–H groups in total. The van der Waals surface area contributed by atoms with Crippen molar-refractivity contribution in [1.29, 1.82) is 0 Å². The number of anilines is 1. The molecule has 0 unspecified atom stereocenters. The van der Waals surface area contributed by atoms with Crippen LogP contribution in [0.25, 0.3) is 0 Å². The number of hydrogen-bond acceptors (Lipinski definition) is 2. The molecule has 0 aliphatic carbocycles. The number of hydrogen-bond donors (Lipinski definition) is 2. The van der Waals surface area contributed by atoms with Crippen LogP contribution >= 0.6 is 23.2 Å². The van der Waals surface area contributed by atoms with Crippen LogP contribution in [-0.4, -0.2) is 10.2 Å². The van der Waals surface area contributed by atoms with Crippen LogP contribution in [0, 0.1) is 0 Å². The molecule has 2 rings (SSSR count). The lowest BCUT2D eigenvalue weighted by Gasteiger charge is -2.05. The van der Waals surface area contributed by atoms with Gasteiger partial charge in [-0.3, -0.25) is 5.10 Å². The number of aromatic nitrogens is 2. The Hall–Kier alpha value is -1.19. The summed E-state index contributed by atoms with van der Waals surface area (Å²) in [5, 5.41) is 11.0. The van der Waals surface area contributed by atoms with Crippen LogP contribution in [0.3, 0.4) is 0 Å². The zero-order chi connectivity index (χ0) is 10.7. The third kappa shape index (κ3) is 2.64. The molecule has 0 aliphatic heterocycles. The van der Waals surface area contributed by atoms with E-state index in [4.69, 9.17) is 23.2 Å². The van der Waals surface area contributed by atoms with Gasteiger partial charge in [0.05, 0.1) is 22.3 Å². The van der Waals surface area contributed by atoms with Gasteiger partial charge in [-0.05, 0) is 24.3 Å². The summed E-state index contributed by atoms with van der Waals surface area (Å²) in [4.78, 5) is 0. The molecular weight excluding hydrogens is 233 g/mol. The zero-order valence-corrected chi connectivity index (χ0v) is 9.31. The standard InChI is InChI=1S/C10H9Cl2N3/c11-9-2-1-7(5-10(9)12)13-6-8-3-4-14-15-8/h1-5,13H,6H2,(H,14,15). The molecule has 0 bridgehead atoms. The maximum Gasteiger partial charge on any atom is 0.0612 e. The molecule has 15 heavy (non-hydrogen) atoms. The number of nitrogens with zero attached hydrogens (tertiary/aromatic N) is 1. The summed E-state index contributed by atoms with van der Waals surface area (Å²) in [7, 11) is 0. The molecule has 0 spiro atoms. The van der Waals surface area contributed by atoms with Gasteiger partial charge in [-0.15, -0.1) is 0 Å². The Bertz CT molecular complexity index is 440. The monoisotopic (exact) mass is 241 g/mol. The van der Waals surface area contributed by atoms with Gasteiger partial charge in [-0.1, -0.05) is 23.2 Å². The minimum absolute atomic E-state index is 0.547. The number of nitrogens with one attached hydrogen (secondary N) is 2. The van der Waals surface area contributed by atoms with E-state index in [-0.39, 0.29) is 0 Å². The van der Waals surface area contributed by atoms with Crippen molar-refractivity contribution in [3.05, 3.63) is 46.2 Å². The maximum absolute atomic E-state index is 5.88. The lowest BCUT2D eigenvalue weighted by atomic mass is 10.3. The molecule has 2 aromatic rings. The van der Waals surface area contributed by atoms with Crippen LogP contribution in [0.4, 0.5) is 5.69 Å². The number of rotatable bonds is 3. The largest absolute Gasteiger partial charge is 0.379 e. The Morgan fingerprint density at radius 2 is 2.07 bits per heavy atom. The first-order valence-electron chi connectivity index (χ1n) is 4.43. The number of benzene rings is 1. The second-order valence-corrected chi connectivity index (χ2v) is 3.88. The highest BCUT2D eigenvalue weighted by molar-refractivity contribution is 6.42. The van der Waals surface area contributed by atoms with E-state index in [0.29, 0.717) is 16.6 Å². The van der Waals surface area contributed by atoms with E-state index in [1.165, 1.54) is 0 Å². The van der Waals surface area contributed by atoms with Gasteiger partial charge in [-0.25, -0.2) is 0 Å². The van der Waals surface area contributed by atoms with Crippen LogP contribution in [0.2, 0.25) is 10.0 Å². The number of H-pyrrole nitrogens is 1. The van der Waals surface area contributed by atoms with Crippen molar-refractivity contribution < 1.29 is 0 Å². The van der Waals surface area contributed by atoms with Crippen molar-refractivity contribution in [1.82, 2.24) is 10.2 Å². The predicted molar refractivity (Wildman–Crippen MR) is 62.4 cm³/mol. The van der Waals surface area contributed by atoms with E-state index in [0.717, 1.165) is 11.4 Å². The first-order valence-corrected chi connectivity index (χ1v) is 5.18. The summed E-state index contributed by atoms with van der Waals surface area (Å²) in [6, 6.07) is 7.34. The van der Waals surface area contributed by atoms with Gasteiger partial charge in [0.15, 0.2) is 0 Å². The molecule has 1 heterocycles. The highest BCUT2D eigenvalue weighted by Gasteiger charge is 1.99. The van der Waals surface area contributed by atoms with Crippen molar-refractivity contribution in [2.75, 3.05) is 5.32 Å². The molecule has 0 saturated carbocycles. The molecule has 5 heteroatoms. The van der Waals surface area contributed by atoms with E-state index in [1.54, 1.807) is 18.3 Å². The average molecular weight is 242 g/mol. The Morgan fingerprint density at radius 1 is 1.20 bits per heavy atom. The molecule has 0 atom stereocenters. The van der Waals surface area contributed by atoms with Gasteiger partial charge in [-0.2, -0.15) is 5.10 Å². The minimum atomic E-state index is 0.547. The Morgan fingerprint density at radius 3 is 2.73 bits per heavy atom. The second-order valence-electron chi connectivity index (χ2n) is 3.06. The lowest BCUT2D eigenvalue weighted by molar-refractivity contribution is 0.981. The summed E-state index contributed by atoms with van der Waals surface area (Å²) in [6.07, 6.45) is 1.71. The Labute approximate surface area is 97.4 Å². The van der Waals surface area contributed by atoms with E-state index < -0.39 is 0 Å². The summed E-state index contributed by atoms with van der Waals surface area (Å²) in [6.45, 7) is 0.679. The van der Waals surface area contributed by atoms with E-state index >= 15 is 0 Å². The minimum Gasteiger partial charge on any atom is -0.379 e. The second kappa shape index (κ2) is 4.55. The lowest BCUT2D eigenvalue weighted by Crippen LogP contribution is -1.99. The van der Waals surface area contributed by atoms with Gasteiger partial charge in [0.25, 0.3) is 0 Å². The Balaban J connectivity index is 2.02. The first-order chi connectivity index (χ1) is 7.25. The smallest absolute Gasteiger partial charge is 0.0612 e. The van der Waals surface area contributed by atoms with Crippen molar-refractivity contribution in [2.45, 2.75) is 6.54 Å². The van der Waals surface area contributed by atoms with Crippen molar-refractivity contribution in [3.63, 3.8) is 0 Å². The normalized spacial score (nSPS) is 10.3. The fraction of sp³-hybridized carbons (Fsp3) is 0.100. The SMILES string of the molecule is Clc1ccc(NCc2ccn[nH]2)cc1Cl. The van der Waals surface area contributed by atoms with Crippen molar-refractivity contribution in [3.8, 4) is 0 Å². The first kappa shape index (κ1) is 10.3. The fourth-order valence-corrected chi connectivity index (χ4v) is 1.48.